The van der Waals surface area contributed by atoms with Gasteiger partial charge in [0.1, 0.15) is 24.2 Å². The third-order valence-corrected chi connectivity index (χ3v) is 6.63. The molecule has 190 valence electrons. The van der Waals surface area contributed by atoms with E-state index in [1.54, 1.807) is 38.1 Å². The lowest BCUT2D eigenvalue weighted by molar-refractivity contribution is -0.139. The maximum Gasteiger partial charge on any atom is 0.327 e. The third kappa shape index (κ3) is 6.80. The van der Waals surface area contributed by atoms with Crippen LogP contribution < -0.4 is 9.04 Å². The van der Waals surface area contributed by atoms with Crippen molar-refractivity contribution in [3.63, 3.8) is 0 Å². The summed E-state index contributed by atoms with van der Waals surface area (Å²) in [5, 5.41) is 9.55. The second-order valence-corrected chi connectivity index (χ2v) is 9.84. The lowest BCUT2D eigenvalue weighted by atomic mass is 9.96. The zero-order valence-corrected chi connectivity index (χ0v) is 21.3. The van der Waals surface area contributed by atoms with Gasteiger partial charge in [-0.25, -0.2) is 4.79 Å². The van der Waals surface area contributed by atoms with Crippen molar-refractivity contribution in [3.05, 3.63) is 84.4 Å². The summed E-state index contributed by atoms with van der Waals surface area (Å²) in [6.45, 7) is 5.19. The molecule has 7 nitrogen and oxygen atoms in total. The third-order valence-electron chi connectivity index (χ3n) is 5.88. The molecule has 3 aromatic rings. The normalized spacial score (nSPS) is 14.5. The zero-order valence-electron chi connectivity index (χ0n) is 20.4. The molecular formula is C28H30NO6S-. The summed E-state index contributed by atoms with van der Waals surface area (Å²) in [6, 6.07) is 22.8. The molecule has 0 aliphatic carbocycles. The lowest BCUT2D eigenvalue weighted by Gasteiger charge is -2.34. The standard InChI is InChI=1S/C28H31NO6S/c1-19(2)27(28(31)32)29(36(33)34)24-15-13-22(14-16-24)21-9-11-23(12-10-21)26(17-20(3)18-30)35-25-7-5-4-6-8-25/h4-16,18-20,26-27H,17H2,1-3H3,(H,31,32)(H,33,34)/p-1. The summed E-state index contributed by atoms with van der Waals surface area (Å²) in [6.07, 6.45) is 1.16. The molecule has 0 saturated carbocycles. The summed E-state index contributed by atoms with van der Waals surface area (Å²) in [5.74, 6) is -1.06. The van der Waals surface area contributed by atoms with E-state index in [0.717, 1.165) is 33.0 Å². The topological polar surface area (TPSA) is 107 Å². The van der Waals surface area contributed by atoms with Crippen LogP contribution in [-0.2, 0) is 20.9 Å². The first-order valence-corrected chi connectivity index (χ1v) is 12.7. The summed E-state index contributed by atoms with van der Waals surface area (Å²) >= 11 is -2.74. The molecule has 36 heavy (non-hydrogen) atoms. The van der Waals surface area contributed by atoms with Crippen LogP contribution in [0.2, 0.25) is 0 Å². The number of para-hydroxylation sites is 1. The van der Waals surface area contributed by atoms with Gasteiger partial charge < -0.3 is 19.2 Å². The number of nitrogens with zero attached hydrogens (tertiary/aromatic N) is 1. The molecule has 4 atom stereocenters. The van der Waals surface area contributed by atoms with Gasteiger partial charge in [-0.05, 0) is 53.3 Å². The van der Waals surface area contributed by atoms with Crippen LogP contribution in [0.3, 0.4) is 0 Å². The largest absolute Gasteiger partial charge is 0.755 e. The summed E-state index contributed by atoms with van der Waals surface area (Å²) in [4.78, 5) is 23.0. The van der Waals surface area contributed by atoms with Crippen LogP contribution in [0, 0.1) is 11.8 Å². The van der Waals surface area contributed by atoms with Gasteiger partial charge in [-0.2, -0.15) is 0 Å². The van der Waals surface area contributed by atoms with Gasteiger partial charge in [0.05, 0.1) is 0 Å². The first kappa shape index (κ1) is 27.1. The molecule has 0 heterocycles. The number of anilines is 1. The molecule has 8 heteroatoms. The molecular weight excluding hydrogens is 478 g/mol. The summed E-state index contributed by atoms with van der Waals surface area (Å²) in [5.41, 5.74) is 2.96. The number of aldehydes is 1. The molecule has 0 saturated heterocycles. The van der Waals surface area contributed by atoms with E-state index in [0.29, 0.717) is 6.42 Å². The van der Waals surface area contributed by atoms with E-state index in [9.17, 15) is 23.5 Å². The quantitative estimate of drug-likeness (QED) is 0.259. The van der Waals surface area contributed by atoms with Crippen molar-refractivity contribution in [2.45, 2.75) is 39.3 Å². The molecule has 0 aromatic heterocycles. The van der Waals surface area contributed by atoms with E-state index in [1.807, 2.05) is 61.5 Å². The number of aliphatic carboxylic acids is 1. The van der Waals surface area contributed by atoms with Gasteiger partial charge in [0.25, 0.3) is 0 Å². The van der Waals surface area contributed by atoms with Crippen molar-refractivity contribution < 1.29 is 28.2 Å². The highest BCUT2D eigenvalue weighted by molar-refractivity contribution is 7.80. The van der Waals surface area contributed by atoms with Crippen LogP contribution in [0.1, 0.15) is 38.9 Å². The smallest absolute Gasteiger partial charge is 0.327 e. The fraction of sp³-hybridized carbons (Fsp3) is 0.286. The average molecular weight is 509 g/mol. The molecule has 0 bridgehead atoms. The van der Waals surface area contributed by atoms with Crippen molar-refractivity contribution in [1.29, 1.82) is 0 Å². The van der Waals surface area contributed by atoms with Gasteiger partial charge >= 0.3 is 5.97 Å². The van der Waals surface area contributed by atoms with Crippen molar-refractivity contribution in [2.75, 3.05) is 4.31 Å². The highest BCUT2D eigenvalue weighted by Gasteiger charge is 2.30. The van der Waals surface area contributed by atoms with Crippen LogP contribution in [0.4, 0.5) is 5.69 Å². The monoisotopic (exact) mass is 508 g/mol. The summed E-state index contributed by atoms with van der Waals surface area (Å²) in [7, 11) is 0. The Morgan fingerprint density at radius 3 is 2.00 bits per heavy atom. The predicted octanol–water partition coefficient (Wildman–Crippen LogP) is 5.41. The Hall–Kier alpha value is -3.49. The van der Waals surface area contributed by atoms with E-state index in [-0.39, 0.29) is 17.7 Å². The lowest BCUT2D eigenvalue weighted by Crippen LogP contribution is -2.45. The van der Waals surface area contributed by atoms with Crippen molar-refractivity contribution in [3.8, 4) is 16.9 Å². The van der Waals surface area contributed by atoms with Crippen LogP contribution in [0.15, 0.2) is 78.9 Å². The van der Waals surface area contributed by atoms with Gasteiger partial charge in [-0.15, -0.1) is 0 Å². The maximum atomic E-state index is 11.9. The van der Waals surface area contributed by atoms with E-state index >= 15 is 0 Å². The Labute approximate surface area is 214 Å². The Balaban J connectivity index is 1.84. The molecule has 0 spiro atoms. The SMILES string of the molecule is CC(C=O)CC(Oc1ccccc1)c1ccc(-c2ccc(N(C(C(=O)O)C(C)C)S(=O)[O-])cc2)cc1. The minimum Gasteiger partial charge on any atom is -0.755 e. The maximum absolute atomic E-state index is 11.9. The number of benzene rings is 3. The number of carbonyl (C=O) groups is 2. The Morgan fingerprint density at radius 2 is 1.53 bits per heavy atom. The summed E-state index contributed by atoms with van der Waals surface area (Å²) < 4.78 is 30.8. The number of hydrogen-bond donors (Lipinski definition) is 1. The van der Waals surface area contributed by atoms with Gasteiger partial charge in [0.15, 0.2) is 0 Å². The van der Waals surface area contributed by atoms with E-state index in [2.05, 4.69) is 0 Å². The number of carboxylic acids is 1. The highest BCUT2D eigenvalue weighted by atomic mass is 32.2. The van der Waals surface area contributed by atoms with Crippen LogP contribution in [0.25, 0.3) is 11.1 Å². The molecule has 1 N–H and O–H groups in total. The van der Waals surface area contributed by atoms with E-state index in [4.69, 9.17) is 4.74 Å². The predicted molar refractivity (Wildman–Crippen MR) is 139 cm³/mol. The van der Waals surface area contributed by atoms with Gasteiger partial charge in [0.2, 0.25) is 0 Å². The molecule has 4 unspecified atom stereocenters. The second kappa shape index (κ2) is 12.5. The van der Waals surface area contributed by atoms with Crippen LogP contribution in [-0.4, -0.2) is 32.2 Å². The van der Waals surface area contributed by atoms with Crippen molar-refractivity contribution in [1.82, 2.24) is 0 Å². The van der Waals surface area contributed by atoms with Crippen LogP contribution >= 0.6 is 0 Å². The first-order chi connectivity index (χ1) is 17.2. The molecule has 3 rings (SSSR count). The fourth-order valence-electron chi connectivity index (χ4n) is 4.00. The molecule has 0 amide bonds. The first-order valence-electron chi connectivity index (χ1n) is 11.7. The van der Waals surface area contributed by atoms with Gasteiger partial charge in [0, 0.05) is 22.9 Å². The number of ether oxygens (including phenoxy) is 1. The zero-order chi connectivity index (χ0) is 26.2. The van der Waals surface area contributed by atoms with Crippen molar-refractivity contribution in [2.24, 2.45) is 11.8 Å². The number of carbonyl (C=O) groups excluding carboxylic acids is 1. The molecule has 0 fully saturated rings. The molecule has 0 radical (unpaired) electrons. The van der Waals surface area contributed by atoms with Crippen molar-refractivity contribution >= 4 is 29.2 Å². The minimum atomic E-state index is -2.74. The molecule has 0 aliphatic rings. The highest BCUT2D eigenvalue weighted by Crippen LogP contribution is 2.31. The number of hydrogen-bond acceptors (Lipinski definition) is 5. The molecule has 0 aliphatic heterocycles. The Bertz CT molecular complexity index is 1160. The number of rotatable bonds is 12. The van der Waals surface area contributed by atoms with Gasteiger partial charge in [-0.3, -0.25) is 8.51 Å². The van der Waals surface area contributed by atoms with Gasteiger partial charge in [-0.1, -0.05) is 75.4 Å². The fourth-order valence-corrected chi connectivity index (χ4v) is 4.81. The Morgan fingerprint density at radius 1 is 0.972 bits per heavy atom. The van der Waals surface area contributed by atoms with E-state index in [1.165, 1.54) is 0 Å². The minimum absolute atomic E-state index is 0.166. The number of carboxylic acid groups (broad SMARTS) is 1. The van der Waals surface area contributed by atoms with E-state index < -0.39 is 29.2 Å². The average Bonchev–Trinajstić information content (AvgIpc) is 2.87. The molecule has 3 aromatic carbocycles. The van der Waals surface area contributed by atoms with Crippen LogP contribution in [0.5, 0.6) is 5.75 Å². The Kier molecular flexibility index (Phi) is 9.38. The second-order valence-electron chi connectivity index (χ2n) is 9.01.